The Hall–Kier alpha value is -2.51. The number of aryl methyl sites for hydroxylation is 1. The molecule has 3 aromatic rings. The second-order valence-corrected chi connectivity index (χ2v) is 7.85. The van der Waals surface area contributed by atoms with Gasteiger partial charge in [-0.1, -0.05) is 59.7 Å². The predicted octanol–water partition coefficient (Wildman–Crippen LogP) is 1.88. The molecule has 3 rings (SSSR count). The van der Waals surface area contributed by atoms with Crippen LogP contribution in [0.4, 0.5) is 0 Å². The van der Waals surface area contributed by atoms with Crippen molar-refractivity contribution in [2.24, 2.45) is 0 Å². The van der Waals surface area contributed by atoms with E-state index in [1.54, 1.807) is 6.07 Å². The first-order valence-electron chi connectivity index (χ1n) is 7.93. The van der Waals surface area contributed by atoms with Crippen molar-refractivity contribution in [3.05, 3.63) is 77.2 Å². The van der Waals surface area contributed by atoms with Gasteiger partial charge in [-0.25, -0.2) is 8.42 Å². The Kier molecular flexibility index (Phi) is 4.96. The molecule has 0 unspecified atom stereocenters. The molecule has 1 aromatic heterocycles. The van der Waals surface area contributed by atoms with Crippen LogP contribution in [0, 0.1) is 6.92 Å². The zero-order valence-corrected chi connectivity index (χ0v) is 14.7. The summed E-state index contributed by atoms with van der Waals surface area (Å²) in [6.45, 7) is 1.87. The van der Waals surface area contributed by atoms with Crippen molar-refractivity contribution in [1.29, 1.82) is 0 Å². The van der Waals surface area contributed by atoms with Gasteiger partial charge < -0.3 is 10.2 Å². The van der Waals surface area contributed by atoms with Crippen molar-refractivity contribution < 1.29 is 18.6 Å². The van der Waals surface area contributed by atoms with Gasteiger partial charge in [0.15, 0.2) is 6.04 Å². The Morgan fingerprint density at radius 3 is 2.44 bits per heavy atom. The predicted molar refractivity (Wildman–Crippen MR) is 92.1 cm³/mol. The molecule has 0 spiro atoms. The largest absolute Gasteiger partial charge is 0.406 e. The van der Waals surface area contributed by atoms with E-state index in [9.17, 15) is 8.42 Å². The number of hydrogen-bond acceptors (Lipinski definition) is 5. The third kappa shape index (κ3) is 4.12. The Labute approximate surface area is 146 Å². The second kappa shape index (κ2) is 7.16. The molecule has 130 valence electrons. The van der Waals surface area contributed by atoms with Crippen molar-refractivity contribution >= 4 is 9.84 Å². The van der Waals surface area contributed by atoms with Gasteiger partial charge in [-0.3, -0.25) is 0 Å². The summed E-state index contributed by atoms with van der Waals surface area (Å²) in [7, 11) is -3.69. The van der Waals surface area contributed by atoms with Gasteiger partial charge in [-0.2, -0.15) is 0 Å². The quantitative estimate of drug-likeness (QED) is 0.725. The van der Waals surface area contributed by atoms with E-state index in [4.69, 9.17) is 4.42 Å². The van der Waals surface area contributed by atoms with Crippen molar-refractivity contribution in [1.82, 2.24) is 10.2 Å². The summed E-state index contributed by atoms with van der Waals surface area (Å²) in [5.41, 5.74) is 6.71. The maximum atomic E-state index is 12.5. The first-order valence-corrected chi connectivity index (χ1v) is 9.58. The summed E-state index contributed by atoms with van der Waals surface area (Å²) in [4.78, 5) is 0. The molecule has 2 aromatic carbocycles. The topological polar surface area (TPSA) is 101 Å². The Morgan fingerprint density at radius 2 is 1.72 bits per heavy atom. The van der Waals surface area contributed by atoms with Gasteiger partial charge in [-0.15, -0.1) is 5.10 Å². The molecule has 1 atom stereocenters. The molecule has 0 fully saturated rings. The molecule has 0 aliphatic rings. The molecule has 0 amide bonds. The Morgan fingerprint density at radius 1 is 1.04 bits per heavy atom. The lowest BCUT2D eigenvalue weighted by Crippen LogP contribution is -2.54. The van der Waals surface area contributed by atoms with Crippen LogP contribution in [-0.4, -0.2) is 18.6 Å². The van der Waals surface area contributed by atoms with E-state index in [-0.39, 0.29) is 22.9 Å². The van der Waals surface area contributed by atoms with Crippen molar-refractivity contribution in [3.63, 3.8) is 0 Å². The third-order valence-corrected chi connectivity index (χ3v) is 5.36. The molecule has 0 aliphatic carbocycles. The SMILES string of the molecule is Cc1ccccc1CS(=O)(=O)c1nnc([C@@H]([NH3+])Cc2ccccc2)o1. The molecule has 6 nitrogen and oxygen atoms in total. The van der Waals surface area contributed by atoms with Crippen LogP contribution in [0.15, 0.2) is 64.2 Å². The van der Waals surface area contributed by atoms with Crippen LogP contribution in [0.2, 0.25) is 0 Å². The maximum Gasteiger partial charge on any atom is 0.336 e. The number of benzene rings is 2. The number of aromatic nitrogens is 2. The highest BCUT2D eigenvalue weighted by atomic mass is 32.2. The summed E-state index contributed by atoms with van der Waals surface area (Å²) in [6.07, 6.45) is 0.598. The fourth-order valence-corrected chi connectivity index (χ4v) is 3.77. The van der Waals surface area contributed by atoms with Crippen LogP contribution in [0.5, 0.6) is 0 Å². The molecule has 0 aliphatic heterocycles. The number of rotatable bonds is 6. The summed E-state index contributed by atoms with van der Waals surface area (Å²) in [5, 5.41) is 7.26. The lowest BCUT2D eigenvalue weighted by atomic mass is 10.1. The lowest BCUT2D eigenvalue weighted by Gasteiger charge is -2.05. The van der Waals surface area contributed by atoms with Gasteiger partial charge >= 0.3 is 5.22 Å². The van der Waals surface area contributed by atoms with E-state index in [2.05, 4.69) is 15.9 Å². The molecule has 1 heterocycles. The van der Waals surface area contributed by atoms with E-state index in [1.807, 2.05) is 55.5 Å². The van der Waals surface area contributed by atoms with Crippen molar-refractivity contribution in [2.75, 3.05) is 0 Å². The molecular formula is C18H20N3O3S+. The minimum absolute atomic E-state index is 0.165. The monoisotopic (exact) mass is 358 g/mol. The van der Waals surface area contributed by atoms with Crippen LogP contribution < -0.4 is 5.73 Å². The van der Waals surface area contributed by atoms with E-state index in [0.29, 0.717) is 6.42 Å². The van der Waals surface area contributed by atoms with Crippen LogP contribution in [-0.2, 0) is 22.0 Å². The van der Waals surface area contributed by atoms with Crippen LogP contribution >= 0.6 is 0 Å². The highest BCUT2D eigenvalue weighted by Gasteiger charge is 2.26. The third-order valence-electron chi connectivity index (χ3n) is 3.97. The first kappa shape index (κ1) is 17.3. The maximum absolute atomic E-state index is 12.5. The number of nitrogens with zero attached hydrogens (tertiary/aromatic N) is 2. The van der Waals surface area contributed by atoms with E-state index in [0.717, 1.165) is 16.7 Å². The fourth-order valence-electron chi connectivity index (χ4n) is 2.54. The molecule has 0 bridgehead atoms. The van der Waals surface area contributed by atoms with E-state index in [1.165, 1.54) is 0 Å². The summed E-state index contributed by atoms with van der Waals surface area (Å²) in [6, 6.07) is 16.8. The van der Waals surface area contributed by atoms with E-state index >= 15 is 0 Å². The lowest BCUT2D eigenvalue weighted by molar-refractivity contribution is -0.431. The zero-order chi connectivity index (χ0) is 17.9. The molecule has 0 saturated carbocycles. The normalized spacial score (nSPS) is 12.9. The molecule has 3 N–H and O–H groups in total. The number of sulfone groups is 1. The van der Waals surface area contributed by atoms with Gasteiger partial charge in [0.05, 0.1) is 5.75 Å². The first-order chi connectivity index (χ1) is 12.0. The summed E-state index contributed by atoms with van der Waals surface area (Å²) < 4.78 is 30.5. The van der Waals surface area contributed by atoms with Crippen LogP contribution in [0.3, 0.4) is 0 Å². The van der Waals surface area contributed by atoms with Crippen molar-refractivity contribution in [2.45, 2.75) is 30.4 Å². The van der Waals surface area contributed by atoms with Crippen LogP contribution in [0.25, 0.3) is 0 Å². The van der Waals surface area contributed by atoms with Gasteiger partial charge in [0.1, 0.15) is 0 Å². The minimum Gasteiger partial charge on any atom is -0.406 e. The van der Waals surface area contributed by atoms with Crippen LogP contribution in [0.1, 0.15) is 28.6 Å². The standard InChI is InChI=1S/C18H19N3O3S/c1-13-7-5-6-10-15(13)12-25(22,23)18-21-20-17(24-18)16(19)11-14-8-3-2-4-9-14/h2-10,16H,11-12,19H2,1H3/p+1/t16-/m0/s1. The molecule has 25 heavy (non-hydrogen) atoms. The summed E-state index contributed by atoms with van der Waals surface area (Å²) >= 11 is 0. The van der Waals surface area contributed by atoms with Gasteiger partial charge in [0.25, 0.3) is 5.89 Å². The molecule has 0 radical (unpaired) electrons. The van der Waals surface area contributed by atoms with Gasteiger partial charge in [0.2, 0.25) is 9.84 Å². The second-order valence-electron chi connectivity index (χ2n) is 5.98. The highest BCUT2D eigenvalue weighted by molar-refractivity contribution is 7.90. The summed E-state index contributed by atoms with van der Waals surface area (Å²) in [5.74, 6) is 0.0640. The molecular weight excluding hydrogens is 338 g/mol. The zero-order valence-electron chi connectivity index (χ0n) is 13.9. The number of hydrogen-bond donors (Lipinski definition) is 1. The van der Waals surface area contributed by atoms with Crippen molar-refractivity contribution in [3.8, 4) is 0 Å². The average molecular weight is 358 g/mol. The fraction of sp³-hybridized carbons (Fsp3) is 0.222. The molecule has 0 saturated heterocycles. The minimum atomic E-state index is -3.69. The average Bonchev–Trinajstić information content (AvgIpc) is 3.09. The number of quaternary nitrogens is 1. The molecule has 7 heteroatoms. The van der Waals surface area contributed by atoms with Gasteiger partial charge in [0, 0.05) is 6.42 Å². The Balaban J connectivity index is 1.77. The van der Waals surface area contributed by atoms with Gasteiger partial charge in [-0.05, 0) is 23.6 Å². The smallest absolute Gasteiger partial charge is 0.336 e. The Bertz CT molecular complexity index is 952. The van der Waals surface area contributed by atoms with E-state index < -0.39 is 9.84 Å². The highest BCUT2D eigenvalue weighted by Crippen LogP contribution is 2.20.